The molecule has 2 aromatic carbocycles. The van der Waals surface area contributed by atoms with Gasteiger partial charge >= 0.3 is 0 Å². The minimum atomic E-state index is 0.0758. The van der Waals surface area contributed by atoms with Crippen molar-refractivity contribution >= 4 is 22.5 Å². The molecule has 0 aliphatic rings. The number of aromatic nitrogens is 1. The fourth-order valence-corrected chi connectivity index (χ4v) is 3.15. The maximum absolute atomic E-state index is 9.49. The molecule has 114 valence electrons. The summed E-state index contributed by atoms with van der Waals surface area (Å²) < 4.78 is 2.26. The zero-order valence-electron chi connectivity index (χ0n) is 12.7. The Kier molecular flexibility index (Phi) is 4.51. The SMILES string of the molecule is Cc1c(CO)cccc1-c1cccc2c1ccn2CCCCl. The Bertz CT molecular complexity index is 791. The molecule has 0 saturated heterocycles. The number of nitrogens with zero attached hydrogens (tertiary/aromatic N) is 1. The molecule has 3 rings (SSSR count). The van der Waals surface area contributed by atoms with E-state index in [2.05, 4.69) is 48.0 Å². The van der Waals surface area contributed by atoms with E-state index < -0.39 is 0 Å². The van der Waals surface area contributed by atoms with E-state index in [1.165, 1.54) is 22.0 Å². The normalized spacial score (nSPS) is 11.2. The molecule has 0 saturated carbocycles. The van der Waals surface area contributed by atoms with Gasteiger partial charge in [-0.2, -0.15) is 0 Å². The highest BCUT2D eigenvalue weighted by molar-refractivity contribution is 6.17. The third-order valence-electron chi connectivity index (χ3n) is 4.25. The summed E-state index contributed by atoms with van der Waals surface area (Å²) in [4.78, 5) is 0. The fourth-order valence-electron chi connectivity index (χ4n) is 3.03. The maximum atomic E-state index is 9.49. The Hall–Kier alpha value is -1.77. The van der Waals surface area contributed by atoms with Gasteiger partial charge in [0.2, 0.25) is 0 Å². The van der Waals surface area contributed by atoms with Gasteiger partial charge in [0.1, 0.15) is 0 Å². The Labute approximate surface area is 136 Å². The lowest BCUT2D eigenvalue weighted by Gasteiger charge is -2.12. The molecule has 0 radical (unpaired) electrons. The number of halogens is 1. The van der Waals surface area contributed by atoms with Crippen molar-refractivity contribution in [3.63, 3.8) is 0 Å². The molecule has 0 fully saturated rings. The van der Waals surface area contributed by atoms with Crippen molar-refractivity contribution in [2.75, 3.05) is 5.88 Å². The first kappa shape index (κ1) is 15.1. The Morgan fingerprint density at radius 2 is 1.82 bits per heavy atom. The third kappa shape index (κ3) is 2.65. The first-order valence-corrected chi connectivity index (χ1v) is 8.13. The predicted octanol–water partition coefficient (Wildman–Crippen LogP) is 4.74. The standard InChI is InChI=1S/C19H20ClNO/c1-14-15(13-22)5-2-6-16(14)17-7-3-8-19-18(17)9-12-21(19)11-4-10-20/h2-3,5-9,12,22H,4,10-11,13H2,1H3. The van der Waals surface area contributed by atoms with Crippen molar-refractivity contribution in [1.82, 2.24) is 4.57 Å². The number of aliphatic hydroxyl groups excluding tert-OH is 1. The maximum Gasteiger partial charge on any atom is 0.0684 e. The van der Waals surface area contributed by atoms with Crippen molar-refractivity contribution in [3.05, 3.63) is 59.8 Å². The molecular weight excluding hydrogens is 294 g/mol. The van der Waals surface area contributed by atoms with E-state index in [1.54, 1.807) is 0 Å². The summed E-state index contributed by atoms with van der Waals surface area (Å²) in [5.74, 6) is 0.678. The van der Waals surface area contributed by atoms with Crippen LogP contribution in [0.2, 0.25) is 0 Å². The van der Waals surface area contributed by atoms with Crippen LogP contribution in [0.4, 0.5) is 0 Å². The van der Waals surface area contributed by atoms with E-state index in [4.69, 9.17) is 11.6 Å². The number of rotatable bonds is 5. The molecule has 22 heavy (non-hydrogen) atoms. The molecule has 3 aromatic rings. The molecule has 1 N–H and O–H groups in total. The highest BCUT2D eigenvalue weighted by atomic mass is 35.5. The smallest absolute Gasteiger partial charge is 0.0684 e. The Balaban J connectivity index is 2.14. The lowest BCUT2D eigenvalue weighted by atomic mass is 9.94. The van der Waals surface area contributed by atoms with Crippen LogP contribution < -0.4 is 0 Å². The van der Waals surface area contributed by atoms with E-state index in [-0.39, 0.29) is 6.61 Å². The van der Waals surface area contributed by atoms with Crippen LogP contribution >= 0.6 is 11.6 Å². The van der Waals surface area contributed by atoms with Crippen molar-refractivity contribution in [3.8, 4) is 11.1 Å². The van der Waals surface area contributed by atoms with Crippen molar-refractivity contribution in [2.45, 2.75) is 26.5 Å². The molecule has 0 unspecified atom stereocenters. The molecule has 1 heterocycles. The molecular formula is C19H20ClNO. The molecule has 0 atom stereocenters. The highest BCUT2D eigenvalue weighted by Gasteiger charge is 2.10. The topological polar surface area (TPSA) is 25.2 Å². The lowest BCUT2D eigenvalue weighted by molar-refractivity contribution is 0.281. The van der Waals surface area contributed by atoms with Gasteiger partial charge in [0.05, 0.1) is 6.61 Å². The fraction of sp³-hybridized carbons (Fsp3) is 0.263. The minimum absolute atomic E-state index is 0.0758. The highest BCUT2D eigenvalue weighted by Crippen LogP contribution is 2.32. The van der Waals surface area contributed by atoms with Crippen LogP contribution in [0.25, 0.3) is 22.0 Å². The average Bonchev–Trinajstić information content (AvgIpc) is 2.96. The molecule has 0 aliphatic heterocycles. The number of hydrogen-bond acceptors (Lipinski definition) is 1. The van der Waals surface area contributed by atoms with E-state index in [0.717, 1.165) is 24.1 Å². The summed E-state index contributed by atoms with van der Waals surface area (Å²) >= 11 is 5.81. The van der Waals surface area contributed by atoms with Crippen LogP contribution in [0.5, 0.6) is 0 Å². The first-order valence-electron chi connectivity index (χ1n) is 7.60. The number of fused-ring (bicyclic) bond motifs is 1. The number of hydrogen-bond donors (Lipinski definition) is 1. The van der Waals surface area contributed by atoms with Crippen LogP contribution in [-0.2, 0) is 13.2 Å². The van der Waals surface area contributed by atoms with Crippen LogP contribution in [0.3, 0.4) is 0 Å². The van der Waals surface area contributed by atoms with Gasteiger partial charge < -0.3 is 9.67 Å². The molecule has 1 aromatic heterocycles. The van der Waals surface area contributed by atoms with Crippen molar-refractivity contribution in [2.24, 2.45) is 0 Å². The van der Waals surface area contributed by atoms with Crippen LogP contribution in [0.1, 0.15) is 17.5 Å². The van der Waals surface area contributed by atoms with Crippen molar-refractivity contribution < 1.29 is 5.11 Å². The molecule has 0 amide bonds. The predicted molar refractivity (Wildman–Crippen MR) is 93.4 cm³/mol. The van der Waals surface area contributed by atoms with E-state index >= 15 is 0 Å². The lowest BCUT2D eigenvalue weighted by Crippen LogP contribution is -1.96. The molecule has 0 bridgehead atoms. The number of benzene rings is 2. The monoisotopic (exact) mass is 313 g/mol. The van der Waals surface area contributed by atoms with Gasteiger partial charge in [-0.05, 0) is 47.7 Å². The van der Waals surface area contributed by atoms with E-state index in [0.29, 0.717) is 5.88 Å². The van der Waals surface area contributed by atoms with Gasteiger partial charge in [0, 0.05) is 29.5 Å². The number of aliphatic hydroxyl groups is 1. The van der Waals surface area contributed by atoms with Crippen LogP contribution in [0.15, 0.2) is 48.7 Å². The van der Waals surface area contributed by atoms with Gasteiger partial charge in [-0.15, -0.1) is 11.6 Å². The van der Waals surface area contributed by atoms with Crippen molar-refractivity contribution in [1.29, 1.82) is 0 Å². The zero-order valence-corrected chi connectivity index (χ0v) is 13.5. The number of aryl methyl sites for hydroxylation is 1. The summed E-state index contributed by atoms with van der Waals surface area (Å²) in [6, 6.07) is 14.7. The average molecular weight is 314 g/mol. The second kappa shape index (κ2) is 6.55. The zero-order chi connectivity index (χ0) is 15.5. The first-order chi connectivity index (χ1) is 10.8. The second-order valence-corrected chi connectivity index (χ2v) is 5.92. The summed E-state index contributed by atoms with van der Waals surface area (Å²) in [7, 11) is 0. The van der Waals surface area contributed by atoms with E-state index in [1.807, 2.05) is 12.1 Å². The Morgan fingerprint density at radius 1 is 1.05 bits per heavy atom. The van der Waals surface area contributed by atoms with Gasteiger partial charge in [-0.1, -0.05) is 30.3 Å². The summed E-state index contributed by atoms with van der Waals surface area (Å²) in [6.07, 6.45) is 3.10. The summed E-state index contributed by atoms with van der Waals surface area (Å²) in [5, 5.41) is 10.7. The van der Waals surface area contributed by atoms with Gasteiger partial charge in [0.15, 0.2) is 0 Å². The van der Waals surface area contributed by atoms with Gasteiger partial charge in [-0.3, -0.25) is 0 Å². The minimum Gasteiger partial charge on any atom is -0.392 e. The second-order valence-electron chi connectivity index (χ2n) is 5.54. The molecule has 0 spiro atoms. The van der Waals surface area contributed by atoms with Gasteiger partial charge in [0.25, 0.3) is 0 Å². The van der Waals surface area contributed by atoms with Crippen LogP contribution in [-0.4, -0.2) is 15.6 Å². The van der Waals surface area contributed by atoms with E-state index in [9.17, 15) is 5.11 Å². The molecule has 2 nitrogen and oxygen atoms in total. The molecule has 0 aliphatic carbocycles. The largest absolute Gasteiger partial charge is 0.392 e. The quantitative estimate of drug-likeness (QED) is 0.676. The summed E-state index contributed by atoms with van der Waals surface area (Å²) in [5.41, 5.74) is 5.76. The third-order valence-corrected chi connectivity index (χ3v) is 4.52. The molecule has 3 heteroatoms. The van der Waals surface area contributed by atoms with Gasteiger partial charge in [-0.25, -0.2) is 0 Å². The Morgan fingerprint density at radius 3 is 2.59 bits per heavy atom. The van der Waals surface area contributed by atoms with Crippen LogP contribution in [0, 0.1) is 6.92 Å². The number of alkyl halides is 1. The summed E-state index contributed by atoms with van der Waals surface area (Å²) in [6.45, 7) is 3.09.